The number of aromatic nitrogens is 2. The molecule has 1 aromatic heterocycles. The molecule has 2 rings (SSSR count). The van der Waals surface area contributed by atoms with Crippen LogP contribution in [0.25, 0.3) is 0 Å². The van der Waals surface area contributed by atoms with Crippen LogP contribution < -0.4 is 17.0 Å². The van der Waals surface area contributed by atoms with Crippen molar-refractivity contribution >= 4 is 17.7 Å². The van der Waals surface area contributed by atoms with Gasteiger partial charge in [0.15, 0.2) is 0 Å². The van der Waals surface area contributed by atoms with Gasteiger partial charge in [0.05, 0.1) is 4.91 Å². The lowest BCUT2D eigenvalue weighted by atomic mass is 10.0. The molecule has 5 N–H and O–H groups in total. The molecular weight excluding hydrogens is 350 g/mol. The molecule has 0 aromatic carbocycles. The lowest BCUT2D eigenvalue weighted by Crippen LogP contribution is -2.38. The highest BCUT2D eigenvalue weighted by molar-refractivity contribution is 8.03. The summed E-state index contributed by atoms with van der Waals surface area (Å²) in [6.07, 6.45) is 0.573. The highest BCUT2D eigenvalue weighted by Gasteiger charge is 2.37. The third-order valence-electron chi connectivity index (χ3n) is 4.10. The van der Waals surface area contributed by atoms with Crippen molar-refractivity contribution in [2.45, 2.75) is 37.8 Å². The van der Waals surface area contributed by atoms with Gasteiger partial charge in [0.2, 0.25) is 0 Å². The van der Waals surface area contributed by atoms with Gasteiger partial charge >= 0.3 is 11.7 Å². The number of rotatable bonds is 6. The molecule has 0 saturated heterocycles. The van der Waals surface area contributed by atoms with E-state index < -0.39 is 34.7 Å². The van der Waals surface area contributed by atoms with Crippen molar-refractivity contribution in [3.05, 3.63) is 43.8 Å². The summed E-state index contributed by atoms with van der Waals surface area (Å²) >= 11 is 0.970. The van der Waals surface area contributed by atoms with Crippen LogP contribution in [-0.2, 0) is 9.53 Å². The lowest BCUT2D eigenvalue weighted by molar-refractivity contribution is -0.145. The average molecular weight is 371 g/mol. The fraction of sp³-hybridized carbons (Fsp3) is 0.533. The number of H-pyrrole nitrogens is 1. The summed E-state index contributed by atoms with van der Waals surface area (Å²) in [6.45, 7) is 3.47. The van der Waals surface area contributed by atoms with Crippen LogP contribution in [0.5, 0.6) is 0 Å². The van der Waals surface area contributed by atoms with E-state index in [0.29, 0.717) is 0 Å². The maximum Gasteiger partial charge on any atom is 0.329 e. The highest BCUT2D eigenvalue weighted by Crippen LogP contribution is 2.43. The zero-order chi connectivity index (χ0) is 18.7. The molecular formula is C15H21N3O6S. The van der Waals surface area contributed by atoms with E-state index in [-0.39, 0.29) is 23.2 Å². The Hall–Kier alpha value is -2.04. The van der Waals surface area contributed by atoms with Crippen molar-refractivity contribution in [3.8, 4) is 0 Å². The summed E-state index contributed by atoms with van der Waals surface area (Å²) in [5.41, 5.74) is 4.50. The highest BCUT2D eigenvalue weighted by atomic mass is 32.2. The van der Waals surface area contributed by atoms with E-state index in [9.17, 15) is 24.6 Å². The molecule has 2 unspecified atom stereocenters. The number of aromatic amines is 1. The number of aliphatic hydroxyl groups excluding tert-OH is 2. The molecule has 0 radical (unpaired) electrons. The van der Waals surface area contributed by atoms with Crippen LogP contribution in [0.15, 0.2) is 32.5 Å². The van der Waals surface area contributed by atoms with Gasteiger partial charge in [-0.25, -0.2) is 4.79 Å². The van der Waals surface area contributed by atoms with E-state index in [1.807, 2.05) is 13.8 Å². The molecule has 1 aromatic rings. The number of esters is 1. The Morgan fingerprint density at radius 2 is 2.20 bits per heavy atom. The van der Waals surface area contributed by atoms with E-state index in [2.05, 4.69) is 4.98 Å². The molecule has 0 bridgehead atoms. The number of thioether (sulfide) groups is 1. The minimum Gasteiger partial charge on any atom is -0.508 e. The molecule has 1 aliphatic heterocycles. The second kappa shape index (κ2) is 7.89. The molecule has 4 atom stereocenters. The molecule has 138 valence electrons. The van der Waals surface area contributed by atoms with Gasteiger partial charge in [0, 0.05) is 12.3 Å². The number of carbonyl (C=O) groups is 1. The van der Waals surface area contributed by atoms with Crippen molar-refractivity contribution in [3.63, 3.8) is 0 Å². The van der Waals surface area contributed by atoms with Crippen LogP contribution in [0.1, 0.15) is 25.6 Å². The topological polar surface area (TPSA) is 148 Å². The van der Waals surface area contributed by atoms with Crippen LogP contribution in [0, 0.1) is 5.92 Å². The molecule has 0 aliphatic carbocycles. The Bertz CT molecular complexity index is 786. The summed E-state index contributed by atoms with van der Waals surface area (Å²) in [7, 11) is 0. The minimum absolute atomic E-state index is 0.0515. The number of nitrogens with zero attached hydrogens (tertiary/aromatic N) is 1. The van der Waals surface area contributed by atoms with Crippen molar-refractivity contribution < 1.29 is 19.7 Å². The summed E-state index contributed by atoms with van der Waals surface area (Å²) in [4.78, 5) is 37.2. The maximum atomic E-state index is 11.9. The molecule has 0 spiro atoms. The van der Waals surface area contributed by atoms with Crippen LogP contribution >= 0.6 is 11.8 Å². The Balaban J connectivity index is 2.07. The quantitative estimate of drug-likeness (QED) is 0.504. The van der Waals surface area contributed by atoms with E-state index in [4.69, 9.17) is 10.5 Å². The van der Waals surface area contributed by atoms with Gasteiger partial charge in [-0.1, -0.05) is 32.0 Å². The molecule has 2 heterocycles. The Labute approximate surface area is 147 Å². The van der Waals surface area contributed by atoms with E-state index in [1.54, 1.807) is 0 Å². The normalized spacial score (nSPS) is 22.7. The number of hydrogen-bond acceptors (Lipinski definition) is 8. The number of aliphatic hydroxyl groups is 2. The van der Waals surface area contributed by atoms with Gasteiger partial charge in [-0.2, -0.15) is 0 Å². The van der Waals surface area contributed by atoms with Gasteiger partial charge in [0.25, 0.3) is 5.56 Å². The molecule has 0 fully saturated rings. The van der Waals surface area contributed by atoms with Crippen molar-refractivity contribution in [1.29, 1.82) is 0 Å². The number of ether oxygens (including phenoxy) is 1. The van der Waals surface area contributed by atoms with Crippen molar-refractivity contribution in [2.24, 2.45) is 11.7 Å². The first kappa shape index (κ1) is 19.3. The average Bonchev–Trinajstić information content (AvgIpc) is 2.86. The maximum absolute atomic E-state index is 11.9. The smallest absolute Gasteiger partial charge is 0.329 e. The molecule has 9 nitrogen and oxygen atoms in total. The van der Waals surface area contributed by atoms with Crippen LogP contribution in [-0.4, -0.2) is 44.5 Å². The summed E-state index contributed by atoms with van der Waals surface area (Å²) in [6, 6.07) is 0.358. The number of nitrogens with one attached hydrogen (secondary N) is 1. The van der Waals surface area contributed by atoms with Crippen molar-refractivity contribution in [2.75, 3.05) is 6.61 Å². The third-order valence-corrected chi connectivity index (χ3v) is 5.44. The van der Waals surface area contributed by atoms with Crippen LogP contribution in [0.2, 0.25) is 0 Å². The predicted octanol–water partition coefficient (Wildman–Crippen LogP) is -0.171. The second-order valence-corrected chi connectivity index (χ2v) is 7.01. The van der Waals surface area contributed by atoms with E-state index in [0.717, 1.165) is 28.8 Å². The fourth-order valence-electron chi connectivity index (χ4n) is 2.23. The van der Waals surface area contributed by atoms with Gasteiger partial charge in [-0.3, -0.25) is 19.1 Å². The SMILES string of the molecule is CCC(C)[C@@H](N)C(=O)OCC1=C(O)C(O)[C@H](n2ccc(=O)[nH]c2=O)S1. The lowest BCUT2D eigenvalue weighted by Gasteiger charge is -2.17. The summed E-state index contributed by atoms with van der Waals surface area (Å²) in [5, 5.41) is 19.3. The zero-order valence-corrected chi connectivity index (χ0v) is 14.7. The van der Waals surface area contributed by atoms with Gasteiger partial charge < -0.3 is 20.7 Å². The second-order valence-electron chi connectivity index (χ2n) is 5.80. The van der Waals surface area contributed by atoms with Gasteiger partial charge in [-0.15, -0.1) is 0 Å². The standard InChI is InChI=1S/C15H21N3O6S/c1-3-7(2)10(16)14(22)24-6-8-11(20)12(21)13(25-8)18-5-4-9(19)17-15(18)23/h4-5,7,10,12-13,20-21H,3,6,16H2,1-2H3,(H,17,19,23)/t7?,10-,12?,13-/m1/s1. The van der Waals surface area contributed by atoms with Gasteiger partial charge in [0.1, 0.15) is 29.9 Å². The Morgan fingerprint density at radius 3 is 2.80 bits per heavy atom. The summed E-state index contributed by atoms with van der Waals surface area (Å²) < 4.78 is 6.19. The van der Waals surface area contributed by atoms with Crippen LogP contribution in [0.4, 0.5) is 0 Å². The first-order chi connectivity index (χ1) is 11.8. The molecule has 0 amide bonds. The van der Waals surface area contributed by atoms with Crippen molar-refractivity contribution in [1.82, 2.24) is 9.55 Å². The molecule has 10 heteroatoms. The first-order valence-corrected chi connectivity index (χ1v) is 8.64. The number of nitrogens with two attached hydrogens (primary N) is 1. The van der Waals surface area contributed by atoms with Gasteiger partial charge in [-0.05, 0) is 5.92 Å². The summed E-state index contributed by atoms with van der Waals surface area (Å²) in [5.74, 6) is -1.03. The third kappa shape index (κ3) is 4.14. The number of hydrogen-bond donors (Lipinski definition) is 4. The largest absolute Gasteiger partial charge is 0.508 e. The molecule has 1 aliphatic rings. The predicted molar refractivity (Wildman–Crippen MR) is 92.0 cm³/mol. The van der Waals surface area contributed by atoms with E-state index in [1.165, 1.54) is 6.20 Å². The number of carbonyl (C=O) groups excluding carboxylic acids is 1. The zero-order valence-electron chi connectivity index (χ0n) is 13.8. The fourth-order valence-corrected chi connectivity index (χ4v) is 3.43. The van der Waals surface area contributed by atoms with Crippen LogP contribution in [0.3, 0.4) is 0 Å². The molecule has 25 heavy (non-hydrogen) atoms. The first-order valence-electron chi connectivity index (χ1n) is 7.76. The molecule has 0 saturated carbocycles. The minimum atomic E-state index is -1.37. The van der Waals surface area contributed by atoms with E-state index >= 15 is 0 Å². The monoisotopic (exact) mass is 371 g/mol. The Kier molecular flexibility index (Phi) is 6.09. The Morgan fingerprint density at radius 1 is 1.52 bits per heavy atom.